The van der Waals surface area contributed by atoms with Crippen LogP contribution >= 0.6 is 0 Å². The number of rotatable bonds is 8. The number of aliphatic hydroxyl groups excluding tert-OH is 3. The van der Waals surface area contributed by atoms with Gasteiger partial charge < -0.3 is 30.0 Å². The second-order valence-electron chi connectivity index (χ2n) is 10.9. The Morgan fingerprint density at radius 1 is 1.10 bits per heavy atom. The molecule has 0 aromatic heterocycles. The first kappa shape index (κ1) is 30.7. The third-order valence-electron chi connectivity index (χ3n) is 8.50. The number of benzene rings is 2. The van der Waals surface area contributed by atoms with E-state index in [1.807, 2.05) is 25.1 Å². The number of likely N-dealkylation sites (N-methyl/N-ethyl adjacent to an activating group) is 1. The highest BCUT2D eigenvalue weighted by molar-refractivity contribution is 5.86. The number of halogens is 4. The van der Waals surface area contributed by atoms with Crippen molar-refractivity contribution in [1.29, 1.82) is 0 Å². The molecule has 0 bridgehead atoms. The maximum atomic E-state index is 14.2. The quantitative estimate of drug-likeness (QED) is 0.413. The molecule has 2 fully saturated rings. The molecule has 3 N–H and O–H groups in total. The Labute approximate surface area is 235 Å². The molecule has 0 aliphatic carbocycles. The summed E-state index contributed by atoms with van der Waals surface area (Å²) >= 11 is 0. The molecule has 0 spiro atoms. The number of alkyl halides is 3. The van der Waals surface area contributed by atoms with Crippen LogP contribution in [0.25, 0.3) is 0 Å². The molecular weight excluding hydrogens is 546 g/mol. The van der Waals surface area contributed by atoms with Gasteiger partial charge in [-0.2, -0.15) is 13.2 Å². The predicted octanol–water partition coefficient (Wildman–Crippen LogP) is 3.65. The van der Waals surface area contributed by atoms with Crippen LogP contribution in [-0.2, 0) is 11.0 Å². The number of carbonyl (C=O) groups excluding carboxylic acids is 2. The van der Waals surface area contributed by atoms with Crippen LogP contribution in [0.1, 0.15) is 53.6 Å². The Kier molecular flexibility index (Phi) is 8.95. The van der Waals surface area contributed by atoms with E-state index < -0.39 is 53.7 Å². The first-order chi connectivity index (χ1) is 19.4. The van der Waals surface area contributed by atoms with Gasteiger partial charge in [-0.05, 0) is 61.1 Å². The number of piperazine rings is 1. The highest BCUT2D eigenvalue weighted by atomic mass is 19.4. The molecule has 2 aliphatic heterocycles. The molecule has 2 saturated heterocycles. The van der Waals surface area contributed by atoms with E-state index in [-0.39, 0.29) is 57.0 Å². The number of fused-ring (bicyclic) bond motifs is 1. The maximum Gasteiger partial charge on any atom is 0.416 e. The van der Waals surface area contributed by atoms with Gasteiger partial charge in [0.15, 0.2) is 0 Å². The van der Waals surface area contributed by atoms with Crippen LogP contribution in [0.2, 0.25) is 0 Å². The van der Waals surface area contributed by atoms with Crippen molar-refractivity contribution in [1.82, 2.24) is 14.7 Å². The van der Waals surface area contributed by atoms with Gasteiger partial charge in [0.2, 0.25) is 5.91 Å². The number of carbonyl (C=O) groups is 2. The number of hydrogen-bond acceptors (Lipinski definition) is 5. The Bertz CT molecular complexity index is 1270. The van der Waals surface area contributed by atoms with Crippen molar-refractivity contribution in [2.75, 3.05) is 40.0 Å². The minimum Gasteiger partial charge on any atom is -0.396 e. The molecule has 0 radical (unpaired) electrons. The number of urea groups is 1. The van der Waals surface area contributed by atoms with Gasteiger partial charge in [-0.15, -0.1) is 0 Å². The summed E-state index contributed by atoms with van der Waals surface area (Å²) in [5, 5.41) is 29.7. The maximum absolute atomic E-state index is 14.2. The van der Waals surface area contributed by atoms with Crippen LogP contribution < -0.4 is 0 Å². The third kappa shape index (κ3) is 5.77. The van der Waals surface area contributed by atoms with E-state index >= 15 is 0 Å². The van der Waals surface area contributed by atoms with Gasteiger partial charge in [0.1, 0.15) is 5.82 Å². The van der Waals surface area contributed by atoms with E-state index in [1.54, 1.807) is 11.0 Å². The normalized spacial score (nSPS) is 21.1. The largest absolute Gasteiger partial charge is 0.416 e. The fourth-order valence-electron chi connectivity index (χ4n) is 6.40. The summed E-state index contributed by atoms with van der Waals surface area (Å²) in [5.41, 5.74) is -0.808. The molecular formula is C29H35F4N3O5. The smallest absolute Gasteiger partial charge is 0.396 e. The van der Waals surface area contributed by atoms with Crippen molar-refractivity contribution in [3.05, 3.63) is 70.5 Å². The highest BCUT2D eigenvalue weighted by Crippen LogP contribution is 2.49. The summed E-state index contributed by atoms with van der Waals surface area (Å²) in [6.45, 7) is 0.876. The number of hydrogen-bond donors (Lipinski definition) is 3. The number of amides is 3. The van der Waals surface area contributed by atoms with Gasteiger partial charge in [0, 0.05) is 33.4 Å². The van der Waals surface area contributed by atoms with E-state index in [1.165, 1.54) is 11.9 Å². The van der Waals surface area contributed by atoms with Gasteiger partial charge in [-0.3, -0.25) is 4.79 Å². The molecule has 3 unspecified atom stereocenters. The average Bonchev–Trinajstić information content (AvgIpc) is 3.19. The van der Waals surface area contributed by atoms with Crippen LogP contribution in [0.4, 0.5) is 22.4 Å². The van der Waals surface area contributed by atoms with E-state index in [0.717, 1.165) is 28.2 Å². The van der Waals surface area contributed by atoms with Crippen molar-refractivity contribution >= 4 is 11.9 Å². The van der Waals surface area contributed by atoms with Crippen LogP contribution in [0.5, 0.6) is 0 Å². The second-order valence-corrected chi connectivity index (χ2v) is 10.9. The molecule has 2 heterocycles. The summed E-state index contributed by atoms with van der Waals surface area (Å²) in [7, 11) is 1.34. The highest BCUT2D eigenvalue weighted by Gasteiger charge is 2.56. The lowest BCUT2D eigenvalue weighted by atomic mass is 9.77. The van der Waals surface area contributed by atoms with E-state index in [4.69, 9.17) is 0 Å². The summed E-state index contributed by atoms with van der Waals surface area (Å²) in [6, 6.07) is 6.27. The molecule has 3 atom stereocenters. The minimum absolute atomic E-state index is 0.0911. The SMILES string of the molecule is Cc1ccccc1C1C2CC(CCO)(CCO)C(=O)N2CCN1C(=O)N(C)C(CO)c1cc(F)cc(C(F)(F)F)c1. The molecule has 41 heavy (non-hydrogen) atoms. The van der Waals surface area contributed by atoms with Gasteiger partial charge >= 0.3 is 12.2 Å². The Balaban J connectivity index is 1.74. The topological polar surface area (TPSA) is 105 Å². The number of nitrogens with zero attached hydrogens (tertiary/aromatic N) is 3. The number of aryl methyl sites for hydroxylation is 1. The second kappa shape index (κ2) is 11.9. The fourth-order valence-corrected chi connectivity index (χ4v) is 6.40. The summed E-state index contributed by atoms with van der Waals surface area (Å²) < 4.78 is 54.4. The van der Waals surface area contributed by atoms with Crippen molar-refractivity contribution in [3.8, 4) is 0 Å². The first-order valence-corrected chi connectivity index (χ1v) is 13.5. The average molecular weight is 582 g/mol. The van der Waals surface area contributed by atoms with E-state index in [9.17, 15) is 42.5 Å². The zero-order valence-corrected chi connectivity index (χ0v) is 22.9. The van der Waals surface area contributed by atoms with Crippen LogP contribution in [-0.4, -0.2) is 88.0 Å². The molecule has 4 rings (SSSR count). The lowest BCUT2D eigenvalue weighted by molar-refractivity contribution is -0.140. The van der Waals surface area contributed by atoms with Gasteiger partial charge in [0.05, 0.1) is 35.7 Å². The molecule has 12 heteroatoms. The zero-order valence-electron chi connectivity index (χ0n) is 22.9. The van der Waals surface area contributed by atoms with E-state index in [0.29, 0.717) is 6.07 Å². The van der Waals surface area contributed by atoms with Crippen LogP contribution in [0.15, 0.2) is 42.5 Å². The molecule has 3 amide bonds. The van der Waals surface area contributed by atoms with Crippen molar-refractivity contribution < 1.29 is 42.5 Å². The standard InChI is InChI=1S/C29H35F4N3O5/c1-18-5-3-4-6-22(18)25-23-16-28(7-11-37,8-12-38)26(40)35(23)9-10-36(25)27(41)34(2)24(17-39)19-13-20(29(31,32)33)15-21(30)14-19/h3-6,13-15,23-25,37-39H,7-12,16-17H2,1-2H3. The van der Waals surface area contributed by atoms with Crippen molar-refractivity contribution in [3.63, 3.8) is 0 Å². The van der Waals surface area contributed by atoms with Gasteiger partial charge in [0.25, 0.3) is 0 Å². The third-order valence-corrected chi connectivity index (χ3v) is 8.50. The number of aliphatic hydroxyl groups is 3. The molecule has 8 nitrogen and oxygen atoms in total. The van der Waals surface area contributed by atoms with Gasteiger partial charge in [-0.1, -0.05) is 24.3 Å². The van der Waals surface area contributed by atoms with Crippen molar-refractivity contribution in [2.24, 2.45) is 5.41 Å². The van der Waals surface area contributed by atoms with E-state index in [2.05, 4.69) is 0 Å². The lowest BCUT2D eigenvalue weighted by Crippen LogP contribution is -2.58. The Hall–Kier alpha value is -3.22. The Morgan fingerprint density at radius 3 is 2.34 bits per heavy atom. The molecule has 0 saturated carbocycles. The van der Waals surface area contributed by atoms with Crippen molar-refractivity contribution in [2.45, 2.75) is 50.5 Å². The Morgan fingerprint density at radius 2 is 1.76 bits per heavy atom. The summed E-state index contributed by atoms with van der Waals surface area (Å²) in [4.78, 5) is 32.0. The van der Waals surface area contributed by atoms with Crippen LogP contribution in [0.3, 0.4) is 0 Å². The van der Waals surface area contributed by atoms with Crippen LogP contribution in [0, 0.1) is 18.2 Å². The zero-order chi connectivity index (χ0) is 30.1. The first-order valence-electron chi connectivity index (χ1n) is 13.5. The monoisotopic (exact) mass is 581 g/mol. The summed E-state index contributed by atoms with van der Waals surface area (Å²) in [6.07, 6.45) is -4.24. The molecule has 2 aliphatic rings. The molecule has 224 valence electrons. The summed E-state index contributed by atoms with van der Waals surface area (Å²) in [5.74, 6) is -1.34. The fraction of sp³-hybridized carbons (Fsp3) is 0.517. The molecule has 2 aromatic carbocycles. The minimum atomic E-state index is -4.82. The lowest BCUT2D eigenvalue weighted by Gasteiger charge is -2.47. The predicted molar refractivity (Wildman–Crippen MR) is 141 cm³/mol. The van der Waals surface area contributed by atoms with Gasteiger partial charge in [-0.25, -0.2) is 9.18 Å². The molecule has 2 aromatic rings.